The van der Waals surface area contributed by atoms with Crippen LogP contribution >= 0.6 is 0 Å². The highest BCUT2D eigenvalue weighted by molar-refractivity contribution is 5.80. The number of hydrogen-bond acceptors (Lipinski definition) is 6. The maximum absolute atomic E-state index is 5.62. The normalized spacial score (nSPS) is 22.0. The second kappa shape index (κ2) is 8.08. The third-order valence-electron chi connectivity index (χ3n) is 6.20. The molecule has 3 heterocycles. The Bertz CT molecular complexity index is 974. The van der Waals surface area contributed by atoms with Crippen LogP contribution in [0.25, 0.3) is 22.3 Å². The van der Waals surface area contributed by atoms with Gasteiger partial charge in [0.25, 0.3) is 0 Å². The lowest BCUT2D eigenvalue weighted by Crippen LogP contribution is -2.36. The summed E-state index contributed by atoms with van der Waals surface area (Å²) >= 11 is 0. The summed E-state index contributed by atoms with van der Waals surface area (Å²) in [6, 6.07) is 6.83. The highest BCUT2D eigenvalue weighted by Crippen LogP contribution is 2.40. The number of ether oxygens (including phenoxy) is 1. The van der Waals surface area contributed by atoms with Gasteiger partial charge < -0.3 is 15.4 Å². The van der Waals surface area contributed by atoms with Gasteiger partial charge in [-0.25, -0.2) is 4.98 Å². The quantitative estimate of drug-likeness (QED) is 0.694. The molecule has 2 fully saturated rings. The van der Waals surface area contributed by atoms with Crippen molar-refractivity contribution in [3.05, 3.63) is 36.8 Å². The Balaban J connectivity index is 1.30. The third-order valence-corrected chi connectivity index (χ3v) is 6.20. The molecular weight excluding hydrogens is 364 g/mol. The lowest BCUT2D eigenvalue weighted by molar-refractivity contribution is 0.122. The minimum Gasteiger partial charge on any atom is -0.378 e. The van der Waals surface area contributed by atoms with E-state index in [-0.39, 0.29) is 0 Å². The van der Waals surface area contributed by atoms with Gasteiger partial charge >= 0.3 is 0 Å². The molecule has 0 bridgehead atoms. The van der Waals surface area contributed by atoms with Crippen LogP contribution in [0, 0.1) is 5.92 Å². The zero-order chi connectivity index (χ0) is 19.6. The van der Waals surface area contributed by atoms with Gasteiger partial charge in [0.15, 0.2) is 0 Å². The molecule has 2 aliphatic rings. The molecule has 1 aliphatic heterocycles. The summed E-state index contributed by atoms with van der Waals surface area (Å²) in [5, 5.41) is 4.59. The van der Waals surface area contributed by atoms with E-state index in [2.05, 4.69) is 44.1 Å². The predicted molar refractivity (Wildman–Crippen MR) is 114 cm³/mol. The summed E-state index contributed by atoms with van der Waals surface area (Å²) in [7, 11) is 0. The molecule has 0 unspecified atom stereocenters. The van der Waals surface area contributed by atoms with Gasteiger partial charge in [-0.1, -0.05) is 0 Å². The van der Waals surface area contributed by atoms with E-state index in [9.17, 15) is 0 Å². The SMILES string of the molecule is NCCCC1CC(n2cc(-c3cnc4cc(N5CCOCC5)ccc4n3)cn2)C1. The van der Waals surface area contributed by atoms with Crippen molar-refractivity contribution >= 4 is 16.7 Å². The number of morpholine rings is 1. The predicted octanol–water partition coefficient (Wildman–Crippen LogP) is 3.02. The monoisotopic (exact) mass is 392 g/mol. The second-order valence-corrected chi connectivity index (χ2v) is 8.16. The van der Waals surface area contributed by atoms with Crippen molar-refractivity contribution in [1.29, 1.82) is 0 Å². The highest BCUT2D eigenvalue weighted by Gasteiger charge is 2.30. The molecular formula is C22H28N6O. The molecule has 3 aromatic rings. The Morgan fingerprint density at radius 2 is 1.97 bits per heavy atom. The fourth-order valence-corrected chi connectivity index (χ4v) is 4.39. The molecule has 0 spiro atoms. The van der Waals surface area contributed by atoms with E-state index >= 15 is 0 Å². The minimum absolute atomic E-state index is 0.510. The summed E-state index contributed by atoms with van der Waals surface area (Å²) in [4.78, 5) is 11.8. The number of benzene rings is 1. The number of anilines is 1. The van der Waals surface area contributed by atoms with Crippen LogP contribution in [0.15, 0.2) is 36.8 Å². The highest BCUT2D eigenvalue weighted by atomic mass is 16.5. The molecule has 1 saturated heterocycles. The number of fused-ring (bicyclic) bond motifs is 1. The van der Waals surface area contributed by atoms with Crippen LogP contribution in [-0.4, -0.2) is 52.6 Å². The minimum atomic E-state index is 0.510. The van der Waals surface area contributed by atoms with Gasteiger partial charge in [0.2, 0.25) is 0 Å². The van der Waals surface area contributed by atoms with Gasteiger partial charge in [0.1, 0.15) is 0 Å². The van der Waals surface area contributed by atoms with Crippen LogP contribution in [0.4, 0.5) is 5.69 Å². The summed E-state index contributed by atoms with van der Waals surface area (Å²) in [6.45, 7) is 4.19. The standard InChI is InChI=1S/C22H28N6O/c23-5-1-2-16-10-19(11-16)28-15-17(13-25-28)22-14-24-21-12-18(3-4-20(21)26-22)27-6-8-29-9-7-27/h3-4,12-16,19H,1-2,5-11,23H2. The van der Waals surface area contributed by atoms with Crippen molar-refractivity contribution in [1.82, 2.24) is 19.7 Å². The Hall–Kier alpha value is -2.51. The lowest BCUT2D eigenvalue weighted by atomic mass is 9.77. The van der Waals surface area contributed by atoms with Crippen molar-refractivity contribution in [3.63, 3.8) is 0 Å². The third kappa shape index (κ3) is 3.84. The molecule has 0 radical (unpaired) electrons. The Morgan fingerprint density at radius 3 is 2.79 bits per heavy atom. The number of rotatable bonds is 6. The van der Waals surface area contributed by atoms with Crippen LogP contribution < -0.4 is 10.6 Å². The number of aromatic nitrogens is 4. The summed E-state index contributed by atoms with van der Waals surface area (Å²) in [6.07, 6.45) is 10.7. The molecule has 1 aromatic carbocycles. The molecule has 2 N–H and O–H groups in total. The van der Waals surface area contributed by atoms with Gasteiger partial charge in [0.05, 0.1) is 48.4 Å². The van der Waals surface area contributed by atoms with Gasteiger partial charge in [0, 0.05) is 30.5 Å². The van der Waals surface area contributed by atoms with E-state index in [4.69, 9.17) is 15.5 Å². The first kappa shape index (κ1) is 18.5. The molecule has 29 heavy (non-hydrogen) atoms. The first-order valence-corrected chi connectivity index (χ1v) is 10.6. The molecule has 7 heteroatoms. The van der Waals surface area contributed by atoms with E-state index < -0.39 is 0 Å². The summed E-state index contributed by atoms with van der Waals surface area (Å²) < 4.78 is 7.54. The average molecular weight is 393 g/mol. The molecule has 2 aromatic heterocycles. The van der Waals surface area contributed by atoms with Crippen molar-refractivity contribution in [2.45, 2.75) is 31.7 Å². The Kier molecular flexibility index (Phi) is 5.16. The van der Waals surface area contributed by atoms with Gasteiger partial charge in [-0.15, -0.1) is 0 Å². The summed E-state index contributed by atoms with van der Waals surface area (Å²) in [5.41, 5.74) is 10.5. The van der Waals surface area contributed by atoms with Crippen LogP contribution in [0.5, 0.6) is 0 Å². The zero-order valence-electron chi connectivity index (χ0n) is 16.7. The number of nitrogens with zero attached hydrogens (tertiary/aromatic N) is 5. The smallest absolute Gasteiger partial charge is 0.0924 e. The Morgan fingerprint density at radius 1 is 1.10 bits per heavy atom. The average Bonchev–Trinajstić information content (AvgIpc) is 3.22. The van der Waals surface area contributed by atoms with E-state index in [1.807, 2.05) is 12.4 Å². The van der Waals surface area contributed by atoms with Crippen molar-refractivity contribution in [2.24, 2.45) is 11.7 Å². The van der Waals surface area contributed by atoms with Crippen LogP contribution in [0.1, 0.15) is 31.7 Å². The molecule has 0 atom stereocenters. The van der Waals surface area contributed by atoms with Crippen molar-refractivity contribution < 1.29 is 4.74 Å². The maximum atomic E-state index is 5.62. The van der Waals surface area contributed by atoms with Gasteiger partial charge in [-0.05, 0) is 56.3 Å². The molecule has 152 valence electrons. The molecule has 7 nitrogen and oxygen atoms in total. The largest absolute Gasteiger partial charge is 0.378 e. The van der Waals surface area contributed by atoms with E-state index in [1.54, 1.807) is 0 Å². The fraction of sp³-hybridized carbons (Fsp3) is 0.500. The van der Waals surface area contributed by atoms with Crippen LogP contribution in [-0.2, 0) is 4.74 Å². The van der Waals surface area contributed by atoms with Gasteiger partial charge in [-0.3, -0.25) is 9.67 Å². The molecule has 5 rings (SSSR count). The van der Waals surface area contributed by atoms with E-state index in [0.29, 0.717) is 6.04 Å². The lowest BCUT2D eigenvalue weighted by Gasteiger charge is -2.35. The van der Waals surface area contributed by atoms with E-state index in [0.717, 1.165) is 67.5 Å². The molecule has 1 saturated carbocycles. The van der Waals surface area contributed by atoms with Crippen LogP contribution in [0.2, 0.25) is 0 Å². The molecule has 0 amide bonds. The first-order chi connectivity index (χ1) is 14.3. The second-order valence-electron chi connectivity index (χ2n) is 8.16. The Labute approximate surface area is 170 Å². The topological polar surface area (TPSA) is 82.1 Å². The summed E-state index contributed by atoms with van der Waals surface area (Å²) in [5.74, 6) is 0.803. The first-order valence-electron chi connectivity index (χ1n) is 10.6. The maximum Gasteiger partial charge on any atom is 0.0924 e. The van der Waals surface area contributed by atoms with Gasteiger partial charge in [-0.2, -0.15) is 5.10 Å². The molecule has 1 aliphatic carbocycles. The van der Waals surface area contributed by atoms with Crippen molar-refractivity contribution in [2.75, 3.05) is 37.7 Å². The number of nitrogens with two attached hydrogens (primary N) is 1. The zero-order valence-corrected chi connectivity index (χ0v) is 16.7. The number of hydrogen-bond donors (Lipinski definition) is 1. The van der Waals surface area contributed by atoms with Crippen LogP contribution in [0.3, 0.4) is 0 Å². The van der Waals surface area contributed by atoms with E-state index in [1.165, 1.54) is 24.9 Å². The van der Waals surface area contributed by atoms with Crippen molar-refractivity contribution in [3.8, 4) is 11.3 Å². The fourth-order valence-electron chi connectivity index (χ4n) is 4.39.